The van der Waals surface area contributed by atoms with Gasteiger partial charge in [0.1, 0.15) is 4.90 Å². The number of hydrogen-bond donors (Lipinski definition) is 1. The van der Waals surface area contributed by atoms with Gasteiger partial charge in [-0.25, -0.2) is 8.42 Å². The number of nitrogens with zero attached hydrogens (tertiary/aromatic N) is 1. The maximum Gasteiger partial charge on any atom is 0.268 e. The number of hydrogen-bond acceptors (Lipinski definition) is 3. The van der Waals surface area contributed by atoms with E-state index >= 15 is 0 Å². The molecule has 0 amide bonds. The predicted octanol–water partition coefficient (Wildman–Crippen LogP) is 1.70. The van der Waals surface area contributed by atoms with E-state index in [9.17, 15) is 13.2 Å². The van der Waals surface area contributed by atoms with Crippen molar-refractivity contribution in [3.05, 3.63) is 27.1 Å². The Morgan fingerprint density at radius 3 is 2.61 bits per heavy atom. The number of sulfonamides is 1. The van der Waals surface area contributed by atoms with E-state index in [4.69, 9.17) is 0 Å². The van der Waals surface area contributed by atoms with Gasteiger partial charge in [0.2, 0.25) is 10.0 Å². The lowest BCUT2D eigenvalue weighted by Crippen LogP contribution is -2.37. The summed E-state index contributed by atoms with van der Waals surface area (Å²) in [6.45, 7) is 0. The molecule has 0 saturated heterocycles. The number of H-pyrrole nitrogens is 1. The summed E-state index contributed by atoms with van der Waals surface area (Å²) in [6, 6.07) is 1.35. The first kappa shape index (κ1) is 13.8. The van der Waals surface area contributed by atoms with E-state index in [1.54, 1.807) is 7.05 Å². The largest absolute Gasteiger partial charge is 0.327 e. The zero-order valence-electron chi connectivity index (χ0n) is 10.0. The molecule has 100 valence electrons. The first-order valence-electron chi connectivity index (χ1n) is 5.79. The highest BCUT2D eigenvalue weighted by atomic mass is 79.9. The van der Waals surface area contributed by atoms with Crippen LogP contribution >= 0.6 is 15.9 Å². The molecule has 0 unspecified atom stereocenters. The first-order valence-corrected chi connectivity index (χ1v) is 8.02. The summed E-state index contributed by atoms with van der Waals surface area (Å²) in [6.07, 6.45) is 5.24. The molecule has 5 nitrogen and oxygen atoms in total. The van der Waals surface area contributed by atoms with Gasteiger partial charge in [-0.3, -0.25) is 4.79 Å². The Bertz CT molecular complexity index is 591. The van der Waals surface area contributed by atoms with E-state index in [1.807, 2.05) is 0 Å². The average Bonchev–Trinajstić information content (AvgIpc) is 2.84. The minimum absolute atomic E-state index is 0.00776. The molecule has 2 rings (SSSR count). The molecule has 1 aromatic rings. The SMILES string of the molecule is CN(C1CCCC1)S(=O)(=O)c1cc(Br)c[nH]c1=O. The minimum atomic E-state index is -3.72. The van der Waals surface area contributed by atoms with Crippen LogP contribution < -0.4 is 5.56 Å². The monoisotopic (exact) mass is 334 g/mol. The summed E-state index contributed by atoms with van der Waals surface area (Å²) in [7, 11) is -2.17. The maximum absolute atomic E-state index is 12.4. The summed E-state index contributed by atoms with van der Waals surface area (Å²) >= 11 is 3.17. The molecule has 1 aliphatic carbocycles. The zero-order valence-corrected chi connectivity index (χ0v) is 12.4. The Morgan fingerprint density at radius 2 is 2.00 bits per heavy atom. The van der Waals surface area contributed by atoms with Crippen molar-refractivity contribution in [2.45, 2.75) is 36.6 Å². The maximum atomic E-state index is 12.4. The van der Waals surface area contributed by atoms with Crippen molar-refractivity contribution in [2.75, 3.05) is 7.05 Å². The van der Waals surface area contributed by atoms with Crippen molar-refractivity contribution in [1.82, 2.24) is 9.29 Å². The van der Waals surface area contributed by atoms with Crippen LogP contribution in [0.5, 0.6) is 0 Å². The Hall–Kier alpha value is -0.660. The molecule has 1 saturated carbocycles. The second kappa shape index (κ2) is 5.14. The van der Waals surface area contributed by atoms with Crippen molar-refractivity contribution in [3.63, 3.8) is 0 Å². The molecule has 0 aromatic carbocycles. The fraction of sp³-hybridized carbons (Fsp3) is 0.545. The number of rotatable bonds is 3. The van der Waals surface area contributed by atoms with Crippen LogP contribution in [-0.4, -0.2) is 30.8 Å². The molecule has 1 aromatic heterocycles. The summed E-state index contributed by atoms with van der Waals surface area (Å²) in [5, 5.41) is 0. The van der Waals surface area contributed by atoms with Crippen molar-refractivity contribution in [1.29, 1.82) is 0 Å². The van der Waals surface area contributed by atoms with Gasteiger partial charge in [0.25, 0.3) is 5.56 Å². The van der Waals surface area contributed by atoms with Gasteiger partial charge in [-0.15, -0.1) is 0 Å². The zero-order chi connectivity index (χ0) is 13.3. The van der Waals surface area contributed by atoms with Gasteiger partial charge in [-0.1, -0.05) is 12.8 Å². The fourth-order valence-electron chi connectivity index (χ4n) is 2.25. The van der Waals surface area contributed by atoms with Crippen molar-refractivity contribution >= 4 is 26.0 Å². The number of halogens is 1. The van der Waals surface area contributed by atoms with Crippen LogP contribution in [0.25, 0.3) is 0 Å². The third-order valence-corrected chi connectivity index (χ3v) is 5.70. The van der Waals surface area contributed by atoms with Gasteiger partial charge in [0.05, 0.1) is 0 Å². The van der Waals surface area contributed by atoms with Gasteiger partial charge in [0, 0.05) is 23.8 Å². The molecule has 7 heteroatoms. The highest BCUT2D eigenvalue weighted by molar-refractivity contribution is 9.10. The van der Waals surface area contributed by atoms with Crippen LogP contribution in [0.3, 0.4) is 0 Å². The number of aromatic amines is 1. The third-order valence-electron chi connectivity index (χ3n) is 3.33. The minimum Gasteiger partial charge on any atom is -0.327 e. The van der Waals surface area contributed by atoms with E-state index in [0.29, 0.717) is 4.47 Å². The van der Waals surface area contributed by atoms with Crippen molar-refractivity contribution < 1.29 is 8.42 Å². The number of pyridine rings is 1. The van der Waals surface area contributed by atoms with Crippen LogP contribution in [0.2, 0.25) is 0 Å². The van der Waals surface area contributed by atoms with Crippen LogP contribution in [0, 0.1) is 0 Å². The highest BCUT2D eigenvalue weighted by Crippen LogP contribution is 2.26. The van der Waals surface area contributed by atoms with Gasteiger partial charge < -0.3 is 4.98 Å². The van der Waals surface area contributed by atoms with Crippen LogP contribution in [0.4, 0.5) is 0 Å². The van der Waals surface area contributed by atoms with E-state index in [2.05, 4.69) is 20.9 Å². The normalized spacial score (nSPS) is 17.5. The Labute approximate surface area is 114 Å². The fourth-order valence-corrected chi connectivity index (χ4v) is 4.23. The van der Waals surface area contributed by atoms with Crippen molar-refractivity contribution in [3.8, 4) is 0 Å². The second-order valence-corrected chi connectivity index (χ2v) is 7.35. The third kappa shape index (κ3) is 2.53. The van der Waals surface area contributed by atoms with Gasteiger partial charge in [-0.2, -0.15) is 4.31 Å². The molecule has 1 fully saturated rings. The Morgan fingerprint density at radius 1 is 1.39 bits per heavy atom. The van der Waals surface area contributed by atoms with Crippen LogP contribution in [0.15, 0.2) is 26.4 Å². The molecule has 1 aliphatic rings. The molecule has 0 aliphatic heterocycles. The van der Waals surface area contributed by atoms with E-state index < -0.39 is 15.6 Å². The van der Waals surface area contributed by atoms with Gasteiger partial charge >= 0.3 is 0 Å². The highest BCUT2D eigenvalue weighted by Gasteiger charge is 2.31. The molecular weight excluding hydrogens is 320 g/mol. The second-order valence-electron chi connectivity index (χ2n) is 4.47. The lowest BCUT2D eigenvalue weighted by molar-refractivity contribution is 0.372. The molecule has 0 bridgehead atoms. The first-order chi connectivity index (χ1) is 8.43. The van der Waals surface area contributed by atoms with Gasteiger partial charge in [0.15, 0.2) is 0 Å². The predicted molar refractivity (Wildman–Crippen MR) is 72.0 cm³/mol. The summed E-state index contributed by atoms with van der Waals surface area (Å²) in [5.41, 5.74) is -0.581. The standard InChI is InChI=1S/C11H15BrN2O3S/c1-14(9-4-2-3-5-9)18(16,17)10-6-8(12)7-13-11(10)15/h6-7,9H,2-5H2,1H3,(H,13,15). The summed E-state index contributed by atoms with van der Waals surface area (Å²) < 4.78 is 26.6. The van der Waals surface area contributed by atoms with Crippen LogP contribution in [-0.2, 0) is 10.0 Å². The molecule has 0 spiro atoms. The molecule has 1 heterocycles. The Kier molecular flexibility index (Phi) is 3.93. The molecular formula is C11H15BrN2O3S. The molecule has 0 radical (unpaired) electrons. The van der Waals surface area contributed by atoms with E-state index in [0.717, 1.165) is 25.7 Å². The summed E-state index contributed by atoms with van der Waals surface area (Å²) in [4.78, 5) is 13.9. The average molecular weight is 335 g/mol. The van der Waals surface area contributed by atoms with Crippen LogP contribution in [0.1, 0.15) is 25.7 Å². The molecule has 0 atom stereocenters. The van der Waals surface area contributed by atoms with Gasteiger partial charge in [-0.05, 0) is 34.8 Å². The van der Waals surface area contributed by atoms with E-state index in [-0.39, 0.29) is 10.9 Å². The smallest absolute Gasteiger partial charge is 0.268 e. The molecule has 1 N–H and O–H groups in total. The van der Waals surface area contributed by atoms with Crippen molar-refractivity contribution in [2.24, 2.45) is 0 Å². The lowest BCUT2D eigenvalue weighted by Gasteiger charge is -2.23. The quantitative estimate of drug-likeness (QED) is 0.914. The number of nitrogens with one attached hydrogen (secondary N) is 1. The van der Waals surface area contributed by atoms with E-state index in [1.165, 1.54) is 16.6 Å². The summed E-state index contributed by atoms with van der Waals surface area (Å²) in [5.74, 6) is 0. The molecule has 18 heavy (non-hydrogen) atoms. The lowest BCUT2D eigenvalue weighted by atomic mass is 10.3. The number of aromatic nitrogens is 1. The Balaban J connectivity index is 2.41. The topological polar surface area (TPSA) is 70.2 Å².